The van der Waals surface area contributed by atoms with Crippen LogP contribution >= 0.6 is 24.0 Å². The van der Waals surface area contributed by atoms with E-state index in [9.17, 15) is 9.59 Å². The first-order chi connectivity index (χ1) is 16.4. The van der Waals surface area contributed by atoms with Crippen LogP contribution in [-0.2, 0) is 17.8 Å². The van der Waals surface area contributed by atoms with Crippen molar-refractivity contribution < 1.29 is 4.79 Å². The number of pyridine rings is 1. The van der Waals surface area contributed by atoms with E-state index < -0.39 is 0 Å². The monoisotopic (exact) mass is 490 g/mol. The number of amides is 1. The number of nitrogens with zero attached hydrogens (tertiary/aromatic N) is 4. The first-order valence-electron chi connectivity index (χ1n) is 11.5. The van der Waals surface area contributed by atoms with Crippen molar-refractivity contribution in [3.63, 3.8) is 0 Å². The lowest BCUT2D eigenvalue weighted by molar-refractivity contribution is -0.123. The molecular formula is C26H26N4O2S2. The van der Waals surface area contributed by atoms with Crippen LogP contribution in [0.5, 0.6) is 0 Å². The van der Waals surface area contributed by atoms with E-state index in [-0.39, 0.29) is 17.5 Å². The molecule has 1 aromatic carbocycles. The summed E-state index contributed by atoms with van der Waals surface area (Å²) in [7, 11) is 0. The van der Waals surface area contributed by atoms with Gasteiger partial charge >= 0.3 is 0 Å². The Hall–Kier alpha value is -2.97. The fourth-order valence-corrected chi connectivity index (χ4v) is 5.96. The van der Waals surface area contributed by atoms with Crippen LogP contribution < -0.4 is 10.5 Å². The standard InChI is InChI=1S/C26H26N4O2S2/c1-4-17(3)30-25(32)21(34-26(30)33)14-20-23(27-22-16(2)8-7-12-29(22)24(20)31)28-13-11-18-9-5-6-10-19(18)15-28/h5-10,12,14,17H,4,11,13,15H2,1-3H3/b21-14-/t17-/m1/s1. The fraction of sp³-hybridized carbons (Fsp3) is 0.308. The molecule has 0 bridgehead atoms. The highest BCUT2D eigenvalue weighted by Crippen LogP contribution is 2.36. The Labute approximate surface area is 208 Å². The molecule has 0 saturated carbocycles. The number of carbonyl (C=O) groups is 1. The van der Waals surface area contributed by atoms with E-state index in [0.717, 1.165) is 24.9 Å². The van der Waals surface area contributed by atoms with Crippen LogP contribution in [0.3, 0.4) is 0 Å². The second kappa shape index (κ2) is 9.00. The van der Waals surface area contributed by atoms with E-state index >= 15 is 0 Å². The van der Waals surface area contributed by atoms with Gasteiger partial charge in [-0.05, 0) is 55.5 Å². The number of anilines is 1. The number of fused-ring (bicyclic) bond motifs is 2. The van der Waals surface area contributed by atoms with Crippen LogP contribution in [-0.4, -0.2) is 37.1 Å². The van der Waals surface area contributed by atoms with E-state index in [1.54, 1.807) is 21.6 Å². The molecular weight excluding hydrogens is 464 g/mol. The minimum Gasteiger partial charge on any atom is -0.351 e. The number of rotatable bonds is 4. The Morgan fingerprint density at radius 3 is 2.71 bits per heavy atom. The smallest absolute Gasteiger partial charge is 0.267 e. The van der Waals surface area contributed by atoms with Crippen molar-refractivity contribution >= 4 is 51.7 Å². The maximum absolute atomic E-state index is 13.7. The van der Waals surface area contributed by atoms with Gasteiger partial charge in [0.25, 0.3) is 11.5 Å². The molecule has 2 aromatic heterocycles. The van der Waals surface area contributed by atoms with Gasteiger partial charge < -0.3 is 4.90 Å². The lowest BCUT2D eigenvalue weighted by Crippen LogP contribution is -2.36. The quantitative estimate of drug-likeness (QED) is 0.395. The van der Waals surface area contributed by atoms with E-state index in [1.807, 2.05) is 39.0 Å². The van der Waals surface area contributed by atoms with Gasteiger partial charge in [-0.25, -0.2) is 4.98 Å². The molecule has 1 atom stereocenters. The zero-order chi connectivity index (χ0) is 24.0. The number of carbonyl (C=O) groups excluding carboxylic acids is 1. The number of aromatic nitrogens is 2. The number of benzene rings is 1. The van der Waals surface area contributed by atoms with E-state index in [0.29, 0.717) is 32.8 Å². The summed E-state index contributed by atoms with van der Waals surface area (Å²) in [6, 6.07) is 12.2. The van der Waals surface area contributed by atoms with Crippen molar-refractivity contribution in [2.75, 3.05) is 11.4 Å². The topological polar surface area (TPSA) is 57.9 Å². The maximum Gasteiger partial charge on any atom is 0.267 e. The maximum atomic E-state index is 13.7. The van der Waals surface area contributed by atoms with Gasteiger partial charge in [-0.2, -0.15) is 0 Å². The summed E-state index contributed by atoms with van der Waals surface area (Å²) in [6.07, 6.45) is 5.11. The van der Waals surface area contributed by atoms with Gasteiger partial charge in [-0.15, -0.1) is 0 Å². The molecule has 34 heavy (non-hydrogen) atoms. The summed E-state index contributed by atoms with van der Waals surface area (Å²) in [6.45, 7) is 7.38. The molecule has 1 saturated heterocycles. The SMILES string of the molecule is CC[C@@H](C)N1C(=O)/C(=C/c2c(N3CCc4ccccc4C3)nc3c(C)cccn3c2=O)SC1=S. The molecule has 0 aliphatic carbocycles. The van der Waals surface area contributed by atoms with Crippen LogP contribution in [0.25, 0.3) is 11.7 Å². The lowest BCUT2D eigenvalue weighted by Gasteiger charge is -2.31. The van der Waals surface area contributed by atoms with Crippen LogP contribution in [0.4, 0.5) is 5.82 Å². The molecule has 2 aliphatic heterocycles. The van der Waals surface area contributed by atoms with Crippen LogP contribution in [0.1, 0.15) is 42.5 Å². The van der Waals surface area contributed by atoms with Gasteiger partial charge in [-0.1, -0.05) is 61.2 Å². The van der Waals surface area contributed by atoms with Gasteiger partial charge in [0.1, 0.15) is 15.8 Å². The lowest BCUT2D eigenvalue weighted by atomic mass is 9.99. The Balaban J connectivity index is 1.67. The molecule has 3 aromatic rings. The predicted molar refractivity (Wildman–Crippen MR) is 142 cm³/mol. The molecule has 2 aliphatic rings. The number of aryl methyl sites for hydroxylation is 1. The van der Waals surface area contributed by atoms with Crippen LogP contribution in [0.15, 0.2) is 52.3 Å². The normalized spacial score (nSPS) is 18.1. The van der Waals surface area contributed by atoms with Gasteiger partial charge in [0.2, 0.25) is 0 Å². The fourth-order valence-electron chi connectivity index (χ4n) is 4.52. The van der Waals surface area contributed by atoms with Gasteiger partial charge in [-0.3, -0.25) is 18.9 Å². The third-order valence-corrected chi connectivity index (χ3v) is 7.96. The number of hydrogen-bond donors (Lipinski definition) is 0. The van der Waals surface area contributed by atoms with Crippen LogP contribution in [0.2, 0.25) is 0 Å². The molecule has 0 unspecified atom stereocenters. The van der Waals surface area contributed by atoms with Gasteiger partial charge in [0.15, 0.2) is 0 Å². The zero-order valence-electron chi connectivity index (χ0n) is 19.4. The zero-order valence-corrected chi connectivity index (χ0v) is 21.1. The first-order valence-corrected chi connectivity index (χ1v) is 12.7. The summed E-state index contributed by atoms with van der Waals surface area (Å²) in [4.78, 5) is 36.2. The molecule has 6 nitrogen and oxygen atoms in total. The largest absolute Gasteiger partial charge is 0.351 e. The van der Waals surface area contributed by atoms with E-state index in [1.165, 1.54) is 22.9 Å². The van der Waals surface area contributed by atoms with Crippen molar-refractivity contribution in [1.82, 2.24) is 14.3 Å². The summed E-state index contributed by atoms with van der Waals surface area (Å²) in [5, 5.41) is 0. The first kappa shape index (κ1) is 22.8. The van der Waals surface area contributed by atoms with E-state index in [2.05, 4.69) is 23.1 Å². The van der Waals surface area contributed by atoms with Crippen molar-refractivity contribution in [3.05, 3.63) is 80.1 Å². The average Bonchev–Trinajstić information content (AvgIpc) is 3.13. The van der Waals surface area contributed by atoms with Crippen molar-refractivity contribution in [2.45, 2.75) is 46.2 Å². The molecule has 1 fully saturated rings. The van der Waals surface area contributed by atoms with Gasteiger partial charge in [0.05, 0.1) is 10.5 Å². The molecule has 4 heterocycles. The predicted octanol–water partition coefficient (Wildman–Crippen LogP) is 4.57. The third-order valence-electron chi connectivity index (χ3n) is 6.62. The Kier molecular flexibility index (Phi) is 6.04. The average molecular weight is 491 g/mol. The summed E-state index contributed by atoms with van der Waals surface area (Å²) in [5.74, 6) is 0.468. The molecule has 0 spiro atoms. The summed E-state index contributed by atoms with van der Waals surface area (Å²) >= 11 is 6.76. The van der Waals surface area contributed by atoms with Gasteiger partial charge in [0, 0.05) is 25.3 Å². The van der Waals surface area contributed by atoms with Crippen molar-refractivity contribution in [3.8, 4) is 0 Å². The number of hydrogen-bond acceptors (Lipinski definition) is 6. The summed E-state index contributed by atoms with van der Waals surface area (Å²) < 4.78 is 2.10. The Bertz CT molecular complexity index is 1410. The molecule has 174 valence electrons. The van der Waals surface area contributed by atoms with Crippen LogP contribution in [0, 0.1) is 6.92 Å². The van der Waals surface area contributed by atoms with E-state index in [4.69, 9.17) is 17.2 Å². The number of thioether (sulfide) groups is 1. The molecule has 1 amide bonds. The van der Waals surface area contributed by atoms with Crippen molar-refractivity contribution in [1.29, 1.82) is 0 Å². The second-order valence-electron chi connectivity index (χ2n) is 8.79. The Morgan fingerprint density at radius 1 is 1.18 bits per heavy atom. The molecule has 0 radical (unpaired) electrons. The summed E-state index contributed by atoms with van der Waals surface area (Å²) in [5.41, 5.74) is 4.35. The highest BCUT2D eigenvalue weighted by atomic mass is 32.2. The third kappa shape index (κ3) is 3.84. The molecule has 5 rings (SSSR count). The Morgan fingerprint density at radius 2 is 1.94 bits per heavy atom. The van der Waals surface area contributed by atoms with Crippen molar-refractivity contribution in [2.24, 2.45) is 0 Å². The highest BCUT2D eigenvalue weighted by Gasteiger charge is 2.35. The molecule has 8 heteroatoms. The molecule has 0 N–H and O–H groups in total. The minimum atomic E-state index is -0.184. The highest BCUT2D eigenvalue weighted by molar-refractivity contribution is 8.26. The minimum absolute atomic E-state index is 0.00921. The second-order valence-corrected chi connectivity index (χ2v) is 10.5. The number of thiocarbonyl (C=S) groups is 1.